The molecule has 1 aromatic heterocycles. The van der Waals surface area contributed by atoms with Gasteiger partial charge in [-0.3, -0.25) is 4.79 Å². The Bertz CT molecular complexity index is 474. The second-order valence-corrected chi connectivity index (χ2v) is 5.07. The summed E-state index contributed by atoms with van der Waals surface area (Å²) in [7, 11) is 1.73. The van der Waals surface area contributed by atoms with Gasteiger partial charge in [0.25, 0.3) is 5.56 Å². The summed E-state index contributed by atoms with van der Waals surface area (Å²) < 4.78 is 6.87. The minimum Gasteiger partial charge on any atom is -0.380 e. The standard InChI is InChI=1S/C14H24N4O2/c1-3-15-6-4-7-18-14(19)9-12(10-16-18)17-8-5-13(11-17)20-2/h9-10,13,15H,3-8,11H2,1-2H3. The molecule has 1 saturated heterocycles. The molecule has 1 aliphatic rings. The summed E-state index contributed by atoms with van der Waals surface area (Å²) in [4.78, 5) is 14.2. The molecule has 0 aromatic carbocycles. The van der Waals surface area contributed by atoms with Crippen molar-refractivity contribution in [2.45, 2.75) is 32.4 Å². The molecule has 112 valence electrons. The van der Waals surface area contributed by atoms with E-state index in [9.17, 15) is 4.79 Å². The van der Waals surface area contributed by atoms with Gasteiger partial charge in [0.1, 0.15) is 0 Å². The molecular formula is C14H24N4O2. The smallest absolute Gasteiger partial charge is 0.268 e. The van der Waals surface area contributed by atoms with Crippen LogP contribution >= 0.6 is 0 Å². The molecule has 1 atom stereocenters. The molecule has 1 unspecified atom stereocenters. The Kier molecular flexibility index (Phi) is 5.55. The van der Waals surface area contributed by atoms with Crippen LogP contribution in [0.5, 0.6) is 0 Å². The van der Waals surface area contributed by atoms with Crippen LogP contribution in [0.25, 0.3) is 0 Å². The van der Waals surface area contributed by atoms with Gasteiger partial charge in [-0.05, 0) is 25.9 Å². The lowest BCUT2D eigenvalue weighted by Crippen LogP contribution is -2.28. The van der Waals surface area contributed by atoms with Crippen molar-refractivity contribution in [3.05, 3.63) is 22.6 Å². The van der Waals surface area contributed by atoms with E-state index in [1.165, 1.54) is 4.68 Å². The second kappa shape index (κ2) is 7.40. The molecule has 1 aliphatic heterocycles. The third-order valence-electron chi connectivity index (χ3n) is 3.67. The first-order valence-corrected chi connectivity index (χ1v) is 7.30. The Hall–Kier alpha value is -1.40. The molecule has 2 heterocycles. The van der Waals surface area contributed by atoms with Gasteiger partial charge in [0.05, 0.1) is 18.0 Å². The number of methoxy groups -OCH3 is 1. The average Bonchev–Trinajstić information content (AvgIpc) is 2.94. The van der Waals surface area contributed by atoms with Crippen molar-refractivity contribution in [3.8, 4) is 0 Å². The SMILES string of the molecule is CCNCCCn1ncc(N2CCC(OC)C2)cc1=O. The van der Waals surface area contributed by atoms with Crippen LogP contribution in [0.4, 0.5) is 5.69 Å². The lowest BCUT2D eigenvalue weighted by atomic mass is 10.3. The number of aromatic nitrogens is 2. The maximum absolute atomic E-state index is 12.0. The van der Waals surface area contributed by atoms with E-state index in [4.69, 9.17) is 4.74 Å². The Morgan fingerprint density at radius 2 is 2.40 bits per heavy atom. The van der Waals surface area contributed by atoms with Gasteiger partial charge in [-0.2, -0.15) is 5.10 Å². The normalized spacial score (nSPS) is 18.7. The first kappa shape index (κ1) is 15.0. The van der Waals surface area contributed by atoms with Gasteiger partial charge in [0.2, 0.25) is 0 Å². The lowest BCUT2D eigenvalue weighted by molar-refractivity contribution is 0.121. The first-order chi connectivity index (χ1) is 9.74. The van der Waals surface area contributed by atoms with Gasteiger partial charge < -0.3 is 15.0 Å². The molecule has 0 radical (unpaired) electrons. The van der Waals surface area contributed by atoms with Crippen molar-refractivity contribution in [1.82, 2.24) is 15.1 Å². The minimum atomic E-state index is -0.0279. The van der Waals surface area contributed by atoms with E-state index < -0.39 is 0 Å². The summed E-state index contributed by atoms with van der Waals surface area (Å²) >= 11 is 0. The summed E-state index contributed by atoms with van der Waals surface area (Å²) in [6, 6.07) is 1.68. The molecule has 6 nitrogen and oxygen atoms in total. The largest absolute Gasteiger partial charge is 0.380 e. The molecule has 1 fully saturated rings. The number of anilines is 1. The van der Waals surface area contributed by atoms with Crippen molar-refractivity contribution in [3.63, 3.8) is 0 Å². The fraction of sp³-hybridized carbons (Fsp3) is 0.714. The molecule has 0 spiro atoms. The van der Waals surface area contributed by atoms with Crippen LogP contribution in [0.3, 0.4) is 0 Å². The van der Waals surface area contributed by atoms with Crippen molar-refractivity contribution in [2.24, 2.45) is 0 Å². The van der Waals surface area contributed by atoms with E-state index in [2.05, 4.69) is 22.2 Å². The zero-order valence-electron chi connectivity index (χ0n) is 12.3. The number of nitrogens with one attached hydrogen (secondary N) is 1. The van der Waals surface area contributed by atoms with Crippen LogP contribution in [-0.2, 0) is 11.3 Å². The average molecular weight is 280 g/mol. The number of nitrogens with zero attached hydrogens (tertiary/aromatic N) is 3. The third-order valence-corrected chi connectivity index (χ3v) is 3.67. The zero-order chi connectivity index (χ0) is 14.4. The summed E-state index contributed by atoms with van der Waals surface area (Å²) in [6.45, 7) is 6.35. The molecular weight excluding hydrogens is 256 g/mol. The van der Waals surface area contributed by atoms with Crippen molar-refractivity contribution in [2.75, 3.05) is 38.2 Å². The van der Waals surface area contributed by atoms with Crippen molar-refractivity contribution < 1.29 is 4.74 Å². The molecule has 0 amide bonds. The maximum Gasteiger partial charge on any atom is 0.268 e. The summed E-state index contributed by atoms with van der Waals surface area (Å²) in [5.74, 6) is 0. The minimum absolute atomic E-state index is 0.0279. The summed E-state index contributed by atoms with van der Waals surface area (Å²) in [5.41, 5.74) is 0.873. The van der Waals surface area contributed by atoms with E-state index in [-0.39, 0.29) is 11.7 Å². The lowest BCUT2D eigenvalue weighted by Gasteiger charge is -2.18. The topological polar surface area (TPSA) is 59.4 Å². The Morgan fingerprint density at radius 1 is 1.55 bits per heavy atom. The van der Waals surface area contributed by atoms with E-state index in [1.807, 2.05) is 0 Å². The predicted octanol–water partition coefficient (Wildman–Crippen LogP) is 0.468. The van der Waals surface area contributed by atoms with Crippen molar-refractivity contribution in [1.29, 1.82) is 0 Å². The summed E-state index contributed by atoms with van der Waals surface area (Å²) in [6.07, 6.45) is 3.96. The highest BCUT2D eigenvalue weighted by Crippen LogP contribution is 2.19. The van der Waals surface area contributed by atoms with Crippen molar-refractivity contribution >= 4 is 5.69 Å². The van der Waals surface area contributed by atoms with Gasteiger partial charge in [-0.15, -0.1) is 0 Å². The van der Waals surface area contributed by atoms with Crippen LogP contribution in [-0.4, -0.2) is 49.2 Å². The fourth-order valence-electron chi connectivity index (χ4n) is 2.45. The number of hydrogen-bond acceptors (Lipinski definition) is 5. The predicted molar refractivity (Wildman–Crippen MR) is 79.3 cm³/mol. The van der Waals surface area contributed by atoms with E-state index >= 15 is 0 Å². The van der Waals surface area contributed by atoms with E-state index in [0.717, 1.165) is 44.7 Å². The highest BCUT2D eigenvalue weighted by Gasteiger charge is 2.22. The molecule has 2 rings (SSSR count). The third kappa shape index (κ3) is 3.80. The van der Waals surface area contributed by atoms with Crippen LogP contribution < -0.4 is 15.8 Å². The molecule has 1 aromatic rings. The van der Waals surface area contributed by atoms with E-state index in [1.54, 1.807) is 19.4 Å². The fourth-order valence-corrected chi connectivity index (χ4v) is 2.45. The van der Waals surface area contributed by atoms with E-state index in [0.29, 0.717) is 6.54 Å². The molecule has 0 bridgehead atoms. The summed E-state index contributed by atoms with van der Waals surface area (Å²) in [5, 5.41) is 7.51. The van der Waals surface area contributed by atoms with Crippen LogP contribution in [0.2, 0.25) is 0 Å². The number of rotatable bonds is 7. The van der Waals surface area contributed by atoms with Gasteiger partial charge in [-0.25, -0.2) is 4.68 Å². The molecule has 6 heteroatoms. The highest BCUT2D eigenvalue weighted by molar-refractivity contribution is 5.44. The molecule has 20 heavy (non-hydrogen) atoms. The number of hydrogen-bond donors (Lipinski definition) is 1. The Labute approximate surface area is 119 Å². The molecule has 0 aliphatic carbocycles. The van der Waals surface area contributed by atoms with Gasteiger partial charge in [0, 0.05) is 32.8 Å². The quantitative estimate of drug-likeness (QED) is 0.736. The second-order valence-electron chi connectivity index (χ2n) is 5.07. The van der Waals surface area contributed by atoms with Crippen LogP contribution in [0.1, 0.15) is 19.8 Å². The Balaban J connectivity index is 1.94. The molecule has 0 saturated carbocycles. The number of ether oxygens (including phenoxy) is 1. The maximum atomic E-state index is 12.0. The highest BCUT2D eigenvalue weighted by atomic mass is 16.5. The number of aryl methyl sites for hydroxylation is 1. The van der Waals surface area contributed by atoms with Crippen LogP contribution in [0.15, 0.2) is 17.1 Å². The molecule has 1 N–H and O–H groups in total. The van der Waals surface area contributed by atoms with Crippen LogP contribution in [0, 0.1) is 0 Å². The monoisotopic (exact) mass is 280 g/mol. The van der Waals surface area contributed by atoms with Gasteiger partial charge >= 0.3 is 0 Å². The Morgan fingerprint density at radius 3 is 3.05 bits per heavy atom. The zero-order valence-corrected chi connectivity index (χ0v) is 12.3. The first-order valence-electron chi connectivity index (χ1n) is 7.30. The van der Waals surface area contributed by atoms with Gasteiger partial charge in [-0.1, -0.05) is 6.92 Å². The van der Waals surface area contributed by atoms with Gasteiger partial charge in [0.15, 0.2) is 0 Å².